The molecule has 10 atom stereocenters. The maximum absolute atomic E-state index is 11.9. The van der Waals surface area contributed by atoms with Crippen LogP contribution in [-0.2, 0) is 33.3 Å². The van der Waals surface area contributed by atoms with Crippen molar-refractivity contribution < 1.29 is 63.9 Å². The first-order valence-electron chi connectivity index (χ1n) is 13.0. The first kappa shape index (κ1) is 31.8. The third-order valence-corrected chi connectivity index (χ3v) is 6.39. The van der Waals surface area contributed by atoms with Gasteiger partial charge in [0.05, 0.1) is 0 Å². The van der Waals surface area contributed by atoms with Crippen molar-refractivity contribution in [3.63, 3.8) is 0 Å². The topological polar surface area (TPSA) is 202 Å². The molecule has 0 aromatic heterocycles. The van der Waals surface area contributed by atoms with Gasteiger partial charge in [-0.3, -0.25) is 9.59 Å². The molecule has 0 bridgehead atoms. The van der Waals surface area contributed by atoms with Crippen LogP contribution in [0.25, 0.3) is 0 Å². The van der Waals surface area contributed by atoms with Crippen LogP contribution in [0.4, 0.5) is 0 Å². The fourth-order valence-electron chi connectivity index (χ4n) is 4.00. The predicted molar refractivity (Wildman–Crippen MR) is 125 cm³/mol. The normalized spacial score (nSPS) is 36.2. The zero-order valence-electron chi connectivity index (χ0n) is 21.4. The van der Waals surface area contributed by atoms with Crippen molar-refractivity contribution in [2.24, 2.45) is 0 Å². The molecule has 0 radical (unpaired) electrons. The monoisotopic (exact) mass is 538 g/mol. The Hall–Kier alpha value is -1.42. The minimum Gasteiger partial charge on any atom is -0.463 e. The number of rotatable bonds is 14. The average Bonchev–Trinajstić information content (AvgIpc) is 2.88. The molecule has 0 aliphatic carbocycles. The van der Waals surface area contributed by atoms with Crippen LogP contribution < -0.4 is 0 Å². The largest absolute Gasteiger partial charge is 0.463 e. The maximum atomic E-state index is 11.9. The molecule has 0 saturated carbocycles. The van der Waals surface area contributed by atoms with Crippen molar-refractivity contribution in [2.75, 3.05) is 13.2 Å². The first-order chi connectivity index (χ1) is 17.6. The summed E-state index contributed by atoms with van der Waals surface area (Å²) in [6, 6.07) is 0. The minimum absolute atomic E-state index is 0.175. The van der Waals surface area contributed by atoms with Gasteiger partial charge in [-0.2, -0.15) is 0 Å². The predicted octanol–water partition coefficient (Wildman–Crippen LogP) is -1.13. The number of hydrogen-bond donors (Lipinski definition) is 6. The van der Waals surface area contributed by atoms with Gasteiger partial charge in [0.25, 0.3) is 0 Å². The maximum Gasteiger partial charge on any atom is 0.305 e. The number of carbonyl (C=O) groups is 2. The molecule has 13 nitrogen and oxygen atoms in total. The van der Waals surface area contributed by atoms with E-state index in [2.05, 4.69) is 0 Å². The number of carbonyl (C=O) groups excluding carboxylic acids is 2. The summed E-state index contributed by atoms with van der Waals surface area (Å²) in [4.78, 5) is 23.8. The summed E-state index contributed by atoms with van der Waals surface area (Å²) >= 11 is 0. The quantitative estimate of drug-likeness (QED) is 0.115. The highest BCUT2D eigenvalue weighted by molar-refractivity contribution is 5.69. The molecular formula is C24H42O13. The molecule has 2 fully saturated rings. The molecule has 37 heavy (non-hydrogen) atoms. The van der Waals surface area contributed by atoms with Crippen LogP contribution in [0.5, 0.6) is 0 Å². The summed E-state index contributed by atoms with van der Waals surface area (Å²) in [5, 5.41) is 61.7. The van der Waals surface area contributed by atoms with E-state index in [-0.39, 0.29) is 12.8 Å². The molecule has 2 heterocycles. The zero-order valence-corrected chi connectivity index (χ0v) is 21.4. The van der Waals surface area contributed by atoms with Crippen molar-refractivity contribution in [3.05, 3.63) is 0 Å². The SMILES string of the molecule is CCCCCC(=O)OCC1OC(OC2OC(COC(=O)CCCCC)C(O)C(O)C2O)C(O)C(O)C1O. The summed E-state index contributed by atoms with van der Waals surface area (Å²) in [5.74, 6) is -1.03. The number of aliphatic hydroxyl groups is 6. The zero-order chi connectivity index (χ0) is 27.5. The second-order valence-corrected chi connectivity index (χ2v) is 9.45. The number of aliphatic hydroxyl groups excluding tert-OH is 6. The Kier molecular flexibility index (Phi) is 13.6. The van der Waals surface area contributed by atoms with Crippen LogP contribution in [0.3, 0.4) is 0 Å². The van der Waals surface area contributed by atoms with E-state index in [0.717, 1.165) is 25.7 Å². The first-order valence-corrected chi connectivity index (χ1v) is 13.0. The van der Waals surface area contributed by atoms with E-state index in [9.17, 15) is 40.2 Å². The molecule has 2 rings (SSSR count). The lowest BCUT2D eigenvalue weighted by Crippen LogP contribution is -2.64. The van der Waals surface area contributed by atoms with Gasteiger partial charge in [-0.25, -0.2) is 0 Å². The van der Waals surface area contributed by atoms with E-state index in [1.54, 1.807) is 0 Å². The molecule has 2 aliphatic heterocycles. The highest BCUT2D eigenvalue weighted by Gasteiger charge is 2.50. The van der Waals surface area contributed by atoms with Crippen LogP contribution in [0.15, 0.2) is 0 Å². The Labute approximate surface area is 216 Å². The van der Waals surface area contributed by atoms with Gasteiger partial charge in [0, 0.05) is 12.8 Å². The van der Waals surface area contributed by atoms with Gasteiger partial charge in [-0.05, 0) is 12.8 Å². The molecule has 2 aliphatic rings. The van der Waals surface area contributed by atoms with Crippen LogP contribution in [0.1, 0.15) is 65.2 Å². The Morgan fingerprint density at radius 1 is 0.595 bits per heavy atom. The van der Waals surface area contributed by atoms with Gasteiger partial charge in [-0.1, -0.05) is 39.5 Å². The van der Waals surface area contributed by atoms with E-state index < -0.39 is 86.6 Å². The molecular weight excluding hydrogens is 496 g/mol. The van der Waals surface area contributed by atoms with E-state index in [0.29, 0.717) is 12.8 Å². The number of ether oxygens (including phenoxy) is 5. The van der Waals surface area contributed by atoms with Gasteiger partial charge < -0.3 is 54.3 Å². The Balaban J connectivity index is 1.96. The molecule has 10 unspecified atom stereocenters. The standard InChI is InChI=1S/C24H42O13/c1-3-5-7-9-15(25)33-11-13-17(27)19(29)21(31)23(35-13)37-24-22(32)20(30)18(28)14(36-24)12-34-16(26)10-8-6-4-2/h13-14,17-24,27-32H,3-12H2,1-2H3. The smallest absolute Gasteiger partial charge is 0.305 e. The minimum atomic E-state index is -1.79. The van der Waals surface area contributed by atoms with Gasteiger partial charge in [0.15, 0.2) is 12.6 Å². The van der Waals surface area contributed by atoms with Gasteiger partial charge >= 0.3 is 11.9 Å². The summed E-state index contributed by atoms with van der Waals surface area (Å²) in [6.45, 7) is 3.12. The second-order valence-electron chi connectivity index (χ2n) is 9.45. The highest BCUT2D eigenvalue weighted by atomic mass is 16.8. The van der Waals surface area contributed by atoms with Crippen molar-refractivity contribution in [1.29, 1.82) is 0 Å². The Morgan fingerprint density at radius 2 is 0.973 bits per heavy atom. The number of hydrogen-bond acceptors (Lipinski definition) is 13. The summed E-state index contributed by atoms with van der Waals surface area (Å²) in [6.07, 6.45) is -11.0. The highest BCUT2D eigenvalue weighted by Crippen LogP contribution is 2.28. The summed E-state index contributed by atoms with van der Waals surface area (Å²) < 4.78 is 26.6. The molecule has 0 spiro atoms. The molecule has 6 N–H and O–H groups in total. The third kappa shape index (κ3) is 9.37. The van der Waals surface area contributed by atoms with Crippen molar-refractivity contribution in [2.45, 2.75) is 127 Å². The molecule has 216 valence electrons. The fourth-order valence-corrected chi connectivity index (χ4v) is 4.00. The number of esters is 2. The molecule has 0 aromatic carbocycles. The summed E-state index contributed by atoms with van der Waals surface area (Å²) in [5.41, 5.74) is 0. The van der Waals surface area contributed by atoms with Crippen LogP contribution >= 0.6 is 0 Å². The second kappa shape index (κ2) is 15.9. The van der Waals surface area contributed by atoms with Crippen molar-refractivity contribution >= 4 is 11.9 Å². The van der Waals surface area contributed by atoms with E-state index in [4.69, 9.17) is 23.7 Å². The fraction of sp³-hybridized carbons (Fsp3) is 0.917. The average molecular weight is 539 g/mol. The van der Waals surface area contributed by atoms with E-state index >= 15 is 0 Å². The Morgan fingerprint density at radius 3 is 1.32 bits per heavy atom. The van der Waals surface area contributed by atoms with Crippen LogP contribution in [0.2, 0.25) is 0 Å². The van der Waals surface area contributed by atoms with E-state index in [1.807, 2.05) is 13.8 Å². The lowest BCUT2D eigenvalue weighted by Gasteiger charge is -2.44. The van der Waals surface area contributed by atoms with Gasteiger partial charge in [0.2, 0.25) is 0 Å². The lowest BCUT2D eigenvalue weighted by atomic mass is 9.98. The van der Waals surface area contributed by atoms with Gasteiger partial charge in [0.1, 0.15) is 62.0 Å². The third-order valence-electron chi connectivity index (χ3n) is 6.39. The van der Waals surface area contributed by atoms with Crippen molar-refractivity contribution in [1.82, 2.24) is 0 Å². The van der Waals surface area contributed by atoms with Crippen LogP contribution in [-0.4, -0.2) is 117 Å². The molecule has 13 heteroatoms. The number of unbranched alkanes of at least 4 members (excludes halogenated alkanes) is 4. The summed E-state index contributed by atoms with van der Waals surface area (Å²) in [7, 11) is 0. The van der Waals surface area contributed by atoms with Gasteiger partial charge in [-0.15, -0.1) is 0 Å². The van der Waals surface area contributed by atoms with E-state index in [1.165, 1.54) is 0 Å². The lowest BCUT2D eigenvalue weighted by molar-refractivity contribution is -0.376. The van der Waals surface area contributed by atoms with Crippen molar-refractivity contribution in [3.8, 4) is 0 Å². The van der Waals surface area contributed by atoms with Crippen LogP contribution in [0, 0.1) is 0 Å². The molecule has 2 saturated heterocycles. The molecule has 0 aromatic rings. The molecule has 0 amide bonds. The Bertz CT molecular complexity index is 636.